The van der Waals surface area contributed by atoms with Gasteiger partial charge in [-0.2, -0.15) is 0 Å². The lowest BCUT2D eigenvalue weighted by atomic mass is 10.0. The average molecular weight is 348 g/mol. The molecular formula is C21H20N2O3. The first-order valence-electron chi connectivity index (χ1n) is 8.88. The second-order valence-electron chi connectivity index (χ2n) is 7.05. The molecule has 1 aliphatic heterocycles. The van der Waals surface area contributed by atoms with Gasteiger partial charge in [0, 0.05) is 18.5 Å². The molecule has 2 aromatic rings. The Hall–Kier alpha value is -2.95. The standard InChI is InChI=1S/C21H20N2O3/c24-18(22-21(11-12-21)14-15-6-2-1-3-7-15)10-13-23-19(25)16-8-4-5-9-17(16)20(23)26/h1-9H,10-14H2,(H,22,24). The number of nitrogens with one attached hydrogen (secondary N) is 1. The minimum atomic E-state index is -0.316. The van der Waals surface area contributed by atoms with E-state index < -0.39 is 0 Å². The molecule has 0 aromatic heterocycles. The number of nitrogens with zero attached hydrogens (tertiary/aromatic N) is 1. The van der Waals surface area contributed by atoms with Gasteiger partial charge >= 0.3 is 0 Å². The van der Waals surface area contributed by atoms with Crippen LogP contribution in [0, 0.1) is 0 Å². The quantitative estimate of drug-likeness (QED) is 0.816. The molecule has 132 valence electrons. The van der Waals surface area contributed by atoms with Gasteiger partial charge in [-0.1, -0.05) is 42.5 Å². The first-order valence-corrected chi connectivity index (χ1v) is 8.88. The summed E-state index contributed by atoms with van der Waals surface area (Å²) in [4.78, 5) is 38.2. The summed E-state index contributed by atoms with van der Waals surface area (Å²) < 4.78 is 0. The Kier molecular flexibility index (Phi) is 4.07. The number of fused-ring (bicyclic) bond motifs is 1. The summed E-state index contributed by atoms with van der Waals surface area (Å²) in [6, 6.07) is 16.9. The molecular weight excluding hydrogens is 328 g/mol. The van der Waals surface area contributed by atoms with E-state index in [1.165, 1.54) is 10.5 Å². The largest absolute Gasteiger partial charge is 0.350 e. The molecule has 26 heavy (non-hydrogen) atoms. The molecule has 5 heteroatoms. The van der Waals surface area contributed by atoms with Gasteiger partial charge in [-0.05, 0) is 37.0 Å². The highest BCUT2D eigenvalue weighted by Gasteiger charge is 2.44. The van der Waals surface area contributed by atoms with E-state index in [0.717, 1.165) is 19.3 Å². The molecule has 0 spiro atoms. The Morgan fingerprint density at radius 3 is 2.08 bits per heavy atom. The van der Waals surface area contributed by atoms with Crippen LogP contribution in [-0.4, -0.2) is 34.7 Å². The van der Waals surface area contributed by atoms with Gasteiger partial charge in [-0.25, -0.2) is 0 Å². The zero-order chi connectivity index (χ0) is 18.1. The highest BCUT2D eigenvalue weighted by molar-refractivity contribution is 6.21. The second-order valence-corrected chi connectivity index (χ2v) is 7.05. The van der Waals surface area contributed by atoms with Gasteiger partial charge in [0.25, 0.3) is 11.8 Å². The Bertz CT molecular complexity index is 837. The molecule has 0 radical (unpaired) electrons. The van der Waals surface area contributed by atoms with Crippen molar-refractivity contribution in [2.75, 3.05) is 6.54 Å². The van der Waals surface area contributed by atoms with Crippen molar-refractivity contribution in [3.63, 3.8) is 0 Å². The fourth-order valence-corrected chi connectivity index (χ4v) is 3.50. The van der Waals surface area contributed by atoms with Crippen molar-refractivity contribution in [3.05, 3.63) is 71.3 Å². The molecule has 1 aliphatic carbocycles. The number of carbonyl (C=O) groups excluding carboxylic acids is 3. The van der Waals surface area contributed by atoms with Crippen LogP contribution in [0.1, 0.15) is 45.5 Å². The summed E-state index contributed by atoms with van der Waals surface area (Å²) in [7, 11) is 0. The smallest absolute Gasteiger partial charge is 0.261 e. The lowest BCUT2D eigenvalue weighted by molar-refractivity contribution is -0.122. The van der Waals surface area contributed by atoms with Crippen molar-refractivity contribution in [1.82, 2.24) is 10.2 Å². The van der Waals surface area contributed by atoms with Gasteiger partial charge < -0.3 is 5.32 Å². The fraction of sp³-hybridized carbons (Fsp3) is 0.286. The van der Waals surface area contributed by atoms with Crippen LogP contribution < -0.4 is 5.32 Å². The molecule has 0 atom stereocenters. The second kappa shape index (κ2) is 6.41. The van der Waals surface area contributed by atoms with Crippen LogP contribution in [0.4, 0.5) is 0 Å². The van der Waals surface area contributed by atoms with Crippen molar-refractivity contribution in [1.29, 1.82) is 0 Å². The van der Waals surface area contributed by atoms with Gasteiger partial charge in [0.05, 0.1) is 11.1 Å². The monoisotopic (exact) mass is 348 g/mol. The highest BCUT2D eigenvalue weighted by Crippen LogP contribution is 2.38. The number of carbonyl (C=O) groups is 3. The number of benzene rings is 2. The molecule has 2 aromatic carbocycles. The molecule has 2 aliphatic rings. The van der Waals surface area contributed by atoms with Crippen molar-refractivity contribution >= 4 is 17.7 Å². The number of imide groups is 1. The maximum Gasteiger partial charge on any atom is 0.261 e. The first kappa shape index (κ1) is 16.5. The van der Waals surface area contributed by atoms with Crippen LogP contribution in [0.3, 0.4) is 0 Å². The van der Waals surface area contributed by atoms with E-state index in [9.17, 15) is 14.4 Å². The molecule has 3 amide bonds. The molecule has 1 N–H and O–H groups in total. The van der Waals surface area contributed by atoms with Crippen LogP contribution in [0.25, 0.3) is 0 Å². The predicted molar refractivity (Wildman–Crippen MR) is 96.7 cm³/mol. The molecule has 0 saturated heterocycles. The summed E-state index contributed by atoms with van der Waals surface area (Å²) in [6.45, 7) is 0.111. The van der Waals surface area contributed by atoms with Crippen molar-refractivity contribution in [2.24, 2.45) is 0 Å². The average Bonchev–Trinajstić information content (AvgIpc) is 3.35. The molecule has 0 unspecified atom stereocenters. The molecule has 1 fully saturated rings. The predicted octanol–water partition coefficient (Wildman–Crippen LogP) is 2.56. The third kappa shape index (κ3) is 3.12. The molecule has 5 nitrogen and oxygen atoms in total. The van der Waals surface area contributed by atoms with E-state index >= 15 is 0 Å². The van der Waals surface area contributed by atoms with Crippen LogP contribution in [0.15, 0.2) is 54.6 Å². The van der Waals surface area contributed by atoms with Crippen LogP contribution in [-0.2, 0) is 11.2 Å². The van der Waals surface area contributed by atoms with Gasteiger partial charge in [0.1, 0.15) is 0 Å². The lowest BCUT2D eigenvalue weighted by Gasteiger charge is -2.19. The van der Waals surface area contributed by atoms with Crippen LogP contribution in [0.5, 0.6) is 0 Å². The first-order chi connectivity index (χ1) is 12.6. The fourth-order valence-electron chi connectivity index (χ4n) is 3.50. The Morgan fingerprint density at radius 1 is 0.923 bits per heavy atom. The minimum Gasteiger partial charge on any atom is -0.350 e. The van der Waals surface area contributed by atoms with E-state index in [4.69, 9.17) is 0 Å². The van der Waals surface area contributed by atoms with Crippen molar-refractivity contribution in [3.8, 4) is 0 Å². The summed E-state index contributed by atoms with van der Waals surface area (Å²) in [5.74, 6) is -0.748. The third-order valence-electron chi connectivity index (χ3n) is 5.08. The number of amides is 3. The Balaban J connectivity index is 1.34. The topological polar surface area (TPSA) is 66.5 Å². The summed E-state index contributed by atoms with van der Waals surface area (Å²) >= 11 is 0. The summed E-state index contributed by atoms with van der Waals surface area (Å²) in [6.07, 6.45) is 2.86. The molecule has 1 saturated carbocycles. The molecule has 1 heterocycles. The number of hydrogen-bond donors (Lipinski definition) is 1. The van der Waals surface area contributed by atoms with Gasteiger partial charge in [-0.3, -0.25) is 19.3 Å². The van der Waals surface area contributed by atoms with Crippen LogP contribution in [0.2, 0.25) is 0 Å². The van der Waals surface area contributed by atoms with E-state index in [0.29, 0.717) is 11.1 Å². The maximum absolute atomic E-state index is 12.4. The van der Waals surface area contributed by atoms with Gasteiger partial charge in [-0.15, -0.1) is 0 Å². The van der Waals surface area contributed by atoms with Gasteiger partial charge in [0.15, 0.2) is 0 Å². The highest BCUT2D eigenvalue weighted by atomic mass is 16.2. The van der Waals surface area contributed by atoms with Gasteiger partial charge in [0.2, 0.25) is 5.91 Å². The summed E-state index contributed by atoms with van der Waals surface area (Å²) in [5, 5.41) is 3.10. The van der Waals surface area contributed by atoms with Crippen LogP contribution >= 0.6 is 0 Å². The normalized spacial score (nSPS) is 17.2. The van der Waals surface area contributed by atoms with E-state index in [-0.39, 0.29) is 36.2 Å². The lowest BCUT2D eigenvalue weighted by Crippen LogP contribution is -2.41. The Labute approximate surface area is 152 Å². The minimum absolute atomic E-state index is 0.111. The SMILES string of the molecule is O=C(CCN1C(=O)c2ccccc2C1=O)NC1(Cc2ccccc2)CC1. The van der Waals surface area contributed by atoms with E-state index in [2.05, 4.69) is 17.4 Å². The summed E-state index contributed by atoms with van der Waals surface area (Å²) in [5.41, 5.74) is 1.87. The molecule has 0 bridgehead atoms. The van der Waals surface area contributed by atoms with Crippen molar-refractivity contribution in [2.45, 2.75) is 31.2 Å². The Morgan fingerprint density at radius 2 is 1.50 bits per heavy atom. The van der Waals surface area contributed by atoms with Crippen molar-refractivity contribution < 1.29 is 14.4 Å². The zero-order valence-electron chi connectivity index (χ0n) is 14.4. The molecule has 4 rings (SSSR count). The zero-order valence-corrected chi connectivity index (χ0v) is 14.4. The number of hydrogen-bond acceptors (Lipinski definition) is 3. The van der Waals surface area contributed by atoms with E-state index in [1.807, 2.05) is 18.2 Å². The number of rotatable bonds is 6. The van der Waals surface area contributed by atoms with E-state index in [1.54, 1.807) is 24.3 Å². The maximum atomic E-state index is 12.4. The third-order valence-corrected chi connectivity index (χ3v) is 5.08.